The van der Waals surface area contributed by atoms with Crippen molar-refractivity contribution in [2.45, 2.75) is 38.4 Å². The van der Waals surface area contributed by atoms with E-state index in [1.807, 2.05) is 4.90 Å². The minimum atomic E-state index is -0.305. The molecule has 22 heavy (non-hydrogen) atoms. The fourth-order valence-corrected chi connectivity index (χ4v) is 3.75. The van der Waals surface area contributed by atoms with Crippen LogP contribution in [-0.2, 0) is 4.74 Å². The van der Waals surface area contributed by atoms with E-state index in [0.717, 1.165) is 19.5 Å². The van der Waals surface area contributed by atoms with Crippen LogP contribution >= 0.6 is 0 Å². The summed E-state index contributed by atoms with van der Waals surface area (Å²) < 4.78 is 4.73. The topological polar surface area (TPSA) is 56.3 Å². The standard InChI is InChI=1S/C15H26N4O3/c1-11(2)18-9-12-8-13(10-18)19(12)14(20)16-4-6-17(7-5-16)15(21)22-3/h11-13H,4-10H2,1-3H3. The monoisotopic (exact) mass is 310 g/mol. The molecule has 2 atom stereocenters. The van der Waals surface area contributed by atoms with Gasteiger partial charge in [0.2, 0.25) is 0 Å². The van der Waals surface area contributed by atoms with Crippen LogP contribution in [0.1, 0.15) is 20.3 Å². The molecule has 0 saturated carbocycles. The number of hydrogen-bond acceptors (Lipinski definition) is 4. The van der Waals surface area contributed by atoms with Gasteiger partial charge in [-0.2, -0.15) is 0 Å². The summed E-state index contributed by atoms with van der Waals surface area (Å²) in [6, 6.07) is 1.43. The number of carbonyl (C=O) groups excluding carboxylic acids is 2. The molecule has 0 aromatic heterocycles. The number of ether oxygens (including phenoxy) is 1. The fraction of sp³-hybridized carbons (Fsp3) is 0.867. The van der Waals surface area contributed by atoms with Crippen LogP contribution in [0.4, 0.5) is 9.59 Å². The summed E-state index contributed by atoms with van der Waals surface area (Å²) in [6.07, 6.45) is 0.831. The molecule has 3 saturated heterocycles. The van der Waals surface area contributed by atoms with E-state index in [2.05, 4.69) is 23.6 Å². The van der Waals surface area contributed by atoms with Gasteiger partial charge in [0.25, 0.3) is 0 Å². The Labute approximate surface area is 131 Å². The Hall–Kier alpha value is -1.50. The molecule has 7 nitrogen and oxygen atoms in total. The first kappa shape index (κ1) is 15.4. The minimum absolute atomic E-state index is 0.147. The number of carbonyl (C=O) groups is 2. The number of fused-ring (bicyclic) bond motifs is 2. The predicted molar refractivity (Wildman–Crippen MR) is 81.7 cm³/mol. The van der Waals surface area contributed by atoms with Crippen molar-refractivity contribution in [3.63, 3.8) is 0 Å². The normalized spacial score (nSPS) is 28.6. The van der Waals surface area contributed by atoms with E-state index in [1.54, 1.807) is 4.90 Å². The second-order valence-electron chi connectivity index (χ2n) is 6.72. The number of hydrogen-bond donors (Lipinski definition) is 0. The molecule has 0 N–H and O–H groups in total. The number of rotatable bonds is 1. The van der Waals surface area contributed by atoms with Gasteiger partial charge in [-0.15, -0.1) is 0 Å². The van der Waals surface area contributed by atoms with Crippen molar-refractivity contribution >= 4 is 12.1 Å². The Morgan fingerprint density at radius 3 is 2.05 bits per heavy atom. The minimum Gasteiger partial charge on any atom is -0.453 e. The molecule has 0 radical (unpaired) electrons. The Balaban J connectivity index is 1.53. The number of piperazine rings is 2. The summed E-state index contributed by atoms with van der Waals surface area (Å²) in [6.45, 7) is 8.70. The molecule has 3 amide bonds. The van der Waals surface area contributed by atoms with E-state index in [4.69, 9.17) is 4.74 Å². The van der Waals surface area contributed by atoms with Gasteiger partial charge in [-0.05, 0) is 20.3 Å². The second kappa shape index (κ2) is 5.95. The number of amides is 3. The third-order valence-corrected chi connectivity index (χ3v) is 5.16. The van der Waals surface area contributed by atoms with E-state index in [9.17, 15) is 9.59 Å². The summed E-state index contributed by atoms with van der Waals surface area (Å²) in [5.41, 5.74) is 0. The third kappa shape index (κ3) is 2.62. The van der Waals surface area contributed by atoms with E-state index in [1.165, 1.54) is 7.11 Å². The number of methoxy groups -OCH3 is 1. The van der Waals surface area contributed by atoms with Crippen LogP contribution in [0.3, 0.4) is 0 Å². The first-order valence-electron chi connectivity index (χ1n) is 8.15. The van der Waals surface area contributed by atoms with Crippen molar-refractivity contribution in [3.05, 3.63) is 0 Å². The largest absolute Gasteiger partial charge is 0.453 e. The first-order valence-corrected chi connectivity index (χ1v) is 8.15. The lowest BCUT2D eigenvalue weighted by Crippen LogP contribution is -2.73. The maximum Gasteiger partial charge on any atom is 0.409 e. The van der Waals surface area contributed by atoms with Gasteiger partial charge in [-0.1, -0.05) is 0 Å². The summed E-state index contributed by atoms with van der Waals surface area (Å²) in [5, 5.41) is 0. The van der Waals surface area contributed by atoms with E-state index < -0.39 is 0 Å². The molecule has 124 valence electrons. The smallest absolute Gasteiger partial charge is 0.409 e. The number of piperidine rings is 1. The molecular weight excluding hydrogens is 284 g/mol. The molecule has 0 aromatic carbocycles. The van der Waals surface area contributed by atoms with Gasteiger partial charge in [0.05, 0.1) is 7.11 Å². The van der Waals surface area contributed by atoms with Gasteiger partial charge < -0.3 is 19.4 Å². The number of nitrogens with zero attached hydrogens (tertiary/aromatic N) is 4. The van der Waals surface area contributed by atoms with Crippen LogP contribution in [0.25, 0.3) is 0 Å². The average Bonchev–Trinajstić information content (AvgIpc) is 2.54. The zero-order valence-corrected chi connectivity index (χ0v) is 13.7. The number of likely N-dealkylation sites (tertiary alicyclic amines) is 2. The van der Waals surface area contributed by atoms with Crippen molar-refractivity contribution in [3.8, 4) is 0 Å². The maximum atomic E-state index is 12.7. The van der Waals surface area contributed by atoms with Gasteiger partial charge in [-0.3, -0.25) is 4.90 Å². The van der Waals surface area contributed by atoms with Crippen LogP contribution < -0.4 is 0 Å². The maximum absolute atomic E-state index is 12.7. The van der Waals surface area contributed by atoms with Gasteiger partial charge in [0.1, 0.15) is 0 Å². The van der Waals surface area contributed by atoms with Crippen molar-refractivity contribution in [2.75, 3.05) is 46.4 Å². The third-order valence-electron chi connectivity index (χ3n) is 5.16. The molecule has 7 heteroatoms. The summed E-state index contributed by atoms with van der Waals surface area (Å²) in [4.78, 5) is 32.3. The van der Waals surface area contributed by atoms with Crippen LogP contribution in [0.2, 0.25) is 0 Å². The van der Waals surface area contributed by atoms with Gasteiger partial charge in [-0.25, -0.2) is 9.59 Å². The average molecular weight is 310 g/mol. The van der Waals surface area contributed by atoms with Crippen molar-refractivity contribution in [1.29, 1.82) is 0 Å². The second-order valence-corrected chi connectivity index (χ2v) is 6.72. The van der Waals surface area contributed by atoms with Crippen LogP contribution in [0, 0.1) is 0 Å². The molecular formula is C15H26N4O3. The fourth-order valence-electron chi connectivity index (χ4n) is 3.75. The number of urea groups is 1. The SMILES string of the molecule is COC(=O)N1CCN(C(=O)N2C3CC2CN(C(C)C)C3)CC1. The zero-order valence-electron chi connectivity index (χ0n) is 13.7. The van der Waals surface area contributed by atoms with Gasteiger partial charge in [0, 0.05) is 57.4 Å². The first-order chi connectivity index (χ1) is 10.5. The Morgan fingerprint density at radius 2 is 1.55 bits per heavy atom. The summed E-state index contributed by atoms with van der Waals surface area (Å²) in [7, 11) is 1.39. The van der Waals surface area contributed by atoms with E-state index in [-0.39, 0.29) is 12.1 Å². The molecule has 3 rings (SSSR count). The Kier molecular flexibility index (Phi) is 4.16. The van der Waals surface area contributed by atoms with Gasteiger partial charge >= 0.3 is 12.1 Å². The Bertz CT molecular complexity index is 436. The van der Waals surface area contributed by atoms with Crippen molar-refractivity contribution < 1.29 is 14.3 Å². The quantitative estimate of drug-likeness (QED) is 0.714. The molecule has 3 fully saturated rings. The van der Waals surface area contributed by atoms with Crippen LogP contribution in [-0.4, -0.2) is 96.2 Å². The lowest BCUT2D eigenvalue weighted by Gasteiger charge is -2.58. The zero-order chi connectivity index (χ0) is 15.9. The molecule has 3 aliphatic rings. The highest BCUT2D eigenvalue weighted by molar-refractivity contribution is 5.77. The summed E-state index contributed by atoms with van der Waals surface area (Å²) >= 11 is 0. The summed E-state index contributed by atoms with van der Waals surface area (Å²) in [5.74, 6) is 0. The molecule has 2 bridgehead atoms. The molecule has 0 aliphatic carbocycles. The lowest BCUT2D eigenvalue weighted by atomic mass is 9.87. The Morgan fingerprint density at radius 1 is 1.00 bits per heavy atom. The molecule has 3 aliphatic heterocycles. The molecule has 2 unspecified atom stereocenters. The van der Waals surface area contributed by atoms with Crippen molar-refractivity contribution in [2.24, 2.45) is 0 Å². The van der Waals surface area contributed by atoms with E-state index >= 15 is 0 Å². The highest BCUT2D eigenvalue weighted by Gasteiger charge is 2.48. The molecule has 0 spiro atoms. The molecule has 3 heterocycles. The van der Waals surface area contributed by atoms with Crippen molar-refractivity contribution in [1.82, 2.24) is 19.6 Å². The van der Waals surface area contributed by atoms with E-state index in [0.29, 0.717) is 44.3 Å². The molecule has 0 aromatic rings. The van der Waals surface area contributed by atoms with Crippen LogP contribution in [0.15, 0.2) is 0 Å². The lowest BCUT2D eigenvalue weighted by molar-refractivity contribution is -0.0574. The highest BCUT2D eigenvalue weighted by atomic mass is 16.5. The van der Waals surface area contributed by atoms with Crippen LogP contribution in [0.5, 0.6) is 0 Å². The highest BCUT2D eigenvalue weighted by Crippen LogP contribution is 2.34. The predicted octanol–water partition coefficient (Wildman–Crippen LogP) is 0.657. The van der Waals surface area contributed by atoms with Gasteiger partial charge in [0.15, 0.2) is 0 Å².